The predicted molar refractivity (Wildman–Crippen MR) is 98.0 cm³/mol. The molecule has 3 nitrogen and oxygen atoms in total. The van der Waals surface area contributed by atoms with Gasteiger partial charge in [-0.3, -0.25) is 4.99 Å². The second-order valence-corrected chi connectivity index (χ2v) is 7.60. The molecule has 0 saturated heterocycles. The molecular weight excluding hydrogens is 328 g/mol. The molecule has 120 valence electrons. The Labute approximate surface area is 145 Å². The Morgan fingerprint density at radius 3 is 2.61 bits per heavy atom. The number of benzene rings is 1. The molecule has 0 bridgehead atoms. The van der Waals surface area contributed by atoms with Crippen LogP contribution in [0, 0.1) is 0 Å². The molecule has 1 unspecified atom stereocenters. The van der Waals surface area contributed by atoms with Crippen LogP contribution in [0.4, 0.5) is 0 Å². The highest BCUT2D eigenvalue weighted by Gasteiger charge is 2.30. The summed E-state index contributed by atoms with van der Waals surface area (Å²) in [5.74, 6) is 0. The molecule has 1 atom stereocenters. The first-order valence-corrected chi connectivity index (χ1v) is 8.72. The van der Waals surface area contributed by atoms with Gasteiger partial charge in [-0.05, 0) is 49.1 Å². The van der Waals surface area contributed by atoms with Gasteiger partial charge in [0.2, 0.25) is 0 Å². The van der Waals surface area contributed by atoms with Crippen LogP contribution >= 0.6 is 22.9 Å². The van der Waals surface area contributed by atoms with Gasteiger partial charge in [-0.15, -0.1) is 11.3 Å². The minimum atomic E-state index is -0.826. The van der Waals surface area contributed by atoms with Gasteiger partial charge in [-0.1, -0.05) is 29.8 Å². The van der Waals surface area contributed by atoms with Gasteiger partial charge in [0.05, 0.1) is 5.60 Å². The van der Waals surface area contributed by atoms with E-state index in [0.717, 1.165) is 16.1 Å². The highest BCUT2D eigenvalue weighted by molar-refractivity contribution is 7.10. The normalized spacial score (nSPS) is 18.2. The van der Waals surface area contributed by atoms with Crippen LogP contribution < -0.4 is 0 Å². The zero-order valence-corrected chi connectivity index (χ0v) is 14.7. The third-order valence-electron chi connectivity index (χ3n) is 3.56. The number of halogens is 1. The van der Waals surface area contributed by atoms with E-state index in [1.54, 1.807) is 11.3 Å². The molecule has 1 N–H and O–H groups in total. The number of hydrogen-bond donors (Lipinski definition) is 1. The van der Waals surface area contributed by atoms with E-state index >= 15 is 0 Å². The number of thiophene rings is 1. The molecule has 2 aromatic rings. The number of rotatable bonds is 4. The van der Waals surface area contributed by atoms with Crippen LogP contribution in [0.5, 0.6) is 0 Å². The molecular formula is C18H19ClN2OS. The summed E-state index contributed by atoms with van der Waals surface area (Å²) in [5.41, 5.74) is 1.27. The average Bonchev–Trinajstić information content (AvgIpc) is 3.01. The lowest BCUT2D eigenvalue weighted by molar-refractivity contribution is 0.0435. The number of hydrogen-bond acceptors (Lipinski definition) is 4. The SMILES string of the molecule is CC(C)(O)CN1C(c2ccc(Cl)cc2)=CC=NC1c1cccs1. The second kappa shape index (κ2) is 6.48. The minimum absolute atomic E-state index is 0.114. The van der Waals surface area contributed by atoms with Gasteiger partial charge < -0.3 is 10.0 Å². The minimum Gasteiger partial charge on any atom is -0.389 e. The lowest BCUT2D eigenvalue weighted by atomic mass is 10.0. The van der Waals surface area contributed by atoms with Crippen LogP contribution in [-0.2, 0) is 0 Å². The van der Waals surface area contributed by atoms with Crippen LogP contribution in [-0.4, -0.2) is 28.4 Å². The topological polar surface area (TPSA) is 35.8 Å². The van der Waals surface area contributed by atoms with Gasteiger partial charge in [-0.2, -0.15) is 0 Å². The van der Waals surface area contributed by atoms with Crippen LogP contribution in [0.25, 0.3) is 5.70 Å². The van der Waals surface area contributed by atoms with E-state index in [-0.39, 0.29) is 6.17 Å². The molecule has 0 amide bonds. The van der Waals surface area contributed by atoms with Crippen molar-refractivity contribution in [2.45, 2.75) is 25.6 Å². The van der Waals surface area contributed by atoms with E-state index in [1.807, 2.05) is 61.8 Å². The molecule has 2 heterocycles. The zero-order chi connectivity index (χ0) is 16.4. The van der Waals surface area contributed by atoms with Crippen molar-refractivity contribution >= 4 is 34.8 Å². The number of β-amino-alcohol motifs (C(OH)–C–C–N with tert-alkyl or cyclic N) is 1. The lowest BCUT2D eigenvalue weighted by Gasteiger charge is -2.38. The summed E-state index contributed by atoms with van der Waals surface area (Å²) >= 11 is 7.68. The highest BCUT2D eigenvalue weighted by Crippen LogP contribution is 2.36. The van der Waals surface area contributed by atoms with E-state index in [1.165, 1.54) is 0 Å². The fourth-order valence-electron chi connectivity index (χ4n) is 2.64. The standard InChI is InChI=1S/C18H19ClN2OS/c1-18(2,22)12-21-15(13-5-7-14(19)8-6-13)9-10-20-17(21)16-4-3-11-23-16/h3-11,17,22H,12H2,1-2H3. The van der Waals surface area contributed by atoms with Crippen molar-refractivity contribution in [1.82, 2.24) is 4.90 Å². The van der Waals surface area contributed by atoms with Crippen molar-refractivity contribution < 1.29 is 5.11 Å². The molecule has 0 saturated carbocycles. The monoisotopic (exact) mass is 346 g/mol. The van der Waals surface area contributed by atoms with Gasteiger partial charge in [0.25, 0.3) is 0 Å². The van der Waals surface area contributed by atoms with Crippen LogP contribution in [0.15, 0.2) is 52.8 Å². The quantitative estimate of drug-likeness (QED) is 0.878. The second-order valence-electron chi connectivity index (χ2n) is 6.19. The van der Waals surface area contributed by atoms with Crippen LogP contribution in [0.3, 0.4) is 0 Å². The molecule has 1 aromatic heterocycles. The zero-order valence-electron chi connectivity index (χ0n) is 13.1. The Balaban J connectivity index is 2.00. The molecule has 5 heteroatoms. The summed E-state index contributed by atoms with van der Waals surface area (Å²) in [5, 5.41) is 13.1. The van der Waals surface area contributed by atoms with Gasteiger partial charge in [0, 0.05) is 28.4 Å². The van der Waals surface area contributed by atoms with E-state index < -0.39 is 5.60 Å². The summed E-state index contributed by atoms with van der Waals surface area (Å²) in [6.07, 6.45) is 3.71. The first kappa shape index (κ1) is 16.2. The molecule has 0 radical (unpaired) electrons. The molecule has 23 heavy (non-hydrogen) atoms. The Bertz CT molecular complexity index is 714. The van der Waals surface area contributed by atoms with E-state index in [0.29, 0.717) is 11.6 Å². The maximum absolute atomic E-state index is 10.4. The summed E-state index contributed by atoms with van der Waals surface area (Å²) in [6.45, 7) is 4.12. The molecule has 0 spiro atoms. The maximum Gasteiger partial charge on any atom is 0.156 e. The average molecular weight is 347 g/mol. The third kappa shape index (κ3) is 3.83. The Morgan fingerprint density at radius 2 is 2.00 bits per heavy atom. The largest absolute Gasteiger partial charge is 0.389 e. The molecule has 0 aliphatic carbocycles. The summed E-state index contributed by atoms with van der Waals surface area (Å²) in [7, 11) is 0. The van der Waals surface area contributed by atoms with Crippen LogP contribution in [0.1, 0.15) is 30.5 Å². The fraction of sp³-hybridized carbons (Fsp3) is 0.278. The Kier molecular flexibility index (Phi) is 4.57. The van der Waals surface area contributed by atoms with E-state index in [9.17, 15) is 5.11 Å². The molecule has 1 aliphatic rings. The van der Waals surface area contributed by atoms with Crippen LogP contribution in [0.2, 0.25) is 5.02 Å². The maximum atomic E-state index is 10.4. The van der Waals surface area contributed by atoms with E-state index in [4.69, 9.17) is 11.6 Å². The summed E-state index contributed by atoms with van der Waals surface area (Å²) in [4.78, 5) is 7.93. The molecule has 0 fully saturated rings. The van der Waals surface area contributed by atoms with Crippen molar-refractivity contribution in [2.24, 2.45) is 4.99 Å². The summed E-state index contributed by atoms with van der Waals surface area (Å²) in [6, 6.07) is 11.9. The number of nitrogens with zero attached hydrogens (tertiary/aromatic N) is 2. The third-order valence-corrected chi connectivity index (χ3v) is 4.72. The molecule has 3 rings (SSSR count). The lowest BCUT2D eigenvalue weighted by Crippen LogP contribution is -2.40. The summed E-state index contributed by atoms with van der Waals surface area (Å²) < 4.78 is 0. The first-order valence-electron chi connectivity index (χ1n) is 7.46. The van der Waals surface area contributed by atoms with Crippen molar-refractivity contribution in [3.05, 3.63) is 63.3 Å². The fourth-order valence-corrected chi connectivity index (χ4v) is 3.55. The van der Waals surface area contributed by atoms with Gasteiger partial charge >= 0.3 is 0 Å². The molecule has 1 aromatic carbocycles. The van der Waals surface area contributed by atoms with Gasteiger partial charge in [-0.25, -0.2) is 0 Å². The van der Waals surface area contributed by atoms with Crippen molar-refractivity contribution in [2.75, 3.05) is 6.54 Å². The van der Waals surface area contributed by atoms with Gasteiger partial charge in [0.1, 0.15) is 0 Å². The van der Waals surface area contributed by atoms with Crippen molar-refractivity contribution in [3.63, 3.8) is 0 Å². The van der Waals surface area contributed by atoms with Crippen molar-refractivity contribution in [1.29, 1.82) is 0 Å². The Hall–Kier alpha value is -1.62. The molecule has 1 aliphatic heterocycles. The first-order chi connectivity index (χ1) is 10.9. The highest BCUT2D eigenvalue weighted by atomic mass is 35.5. The smallest absolute Gasteiger partial charge is 0.156 e. The number of aliphatic hydroxyl groups is 1. The van der Waals surface area contributed by atoms with Gasteiger partial charge in [0.15, 0.2) is 6.17 Å². The predicted octanol–water partition coefficient (Wildman–Crippen LogP) is 4.60. The number of aliphatic imine (C=N–C) groups is 1. The van der Waals surface area contributed by atoms with Crippen molar-refractivity contribution in [3.8, 4) is 0 Å². The number of allylic oxidation sites excluding steroid dienone is 1. The van der Waals surface area contributed by atoms with E-state index in [2.05, 4.69) is 16.0 Å². The Morgan fingerprint density at radius 1 is 1.26 bits per heavy atom.